The quantitative estimate of drug-likeness (QED) is 0.915. The van der Waals surface area contributed by atoms with Crippen molar-refractivity contribution in [2.24, 2.45) is 0 Å². The highest BCUT2D eigenvalue weighted by Crippen LogP contribution is 2.32. The first-order chi connectivity index (χ1) is 7.66. The Balaban J connectivity index is 2.23. The van der Waals surface area contributed by atoms with Crippen LogP contribution in [0.25, 0.3) is 0 Å². The van der Waals surface area contributed by atoms with E-state index in [0.717, 1.165) is 20.1 Å². The first kappa shape index (κ1) is 11.6. The maximum Gasteiger partial charge on any atom is 0.188 e. The minimum absolute atomic E-state index is 0.458. The molecule has 0 radical (unpaired) electrons. The van der Waals surface area contributed by atoms with Crippen LogP contribution in [0.3, 0.4) is 0 Å². The third-order valence-electron chi connectivity index (χ3n) is 2.04. The molecule has 2 N–H and O–H groups in total. The maximum absolute atomic E-state index is 9.44. The lowest BCUT2D eigenvalue weighted by Gasteiger charge is -2.07. The lowest BCUT2D eigenvalue weighted by molar-refractivity contribution is 0.199. The Morgan fingerprint density at radius 3 is 2.88 bits per heavy atom. The van der Waals surface area contributed by atoms with Crippen LogP contribution in [0.1, 0.15) is 18.6 Å². The van der Waals surface area contributed by atoms with Gasteiger partial charge >= 0.3 is 0 Å². The fourth-order valence-electron chi connectivity index (χ4n) is 1.21. The largest absolute Gasteiger partial charge is 0.389 e. The van der Waals surface area contributed by atoms with Gasteiger partial charge in [0.05, 0.1) is 6.10 Å². The van der Waals surface area contributed by atoms with Crippen molar-refractivity contribution in [3.63, 3.8) is 0 Å². The number of aromatic nitrogens is 3. The normalized spacial score (nSPS) is 12.7. The van der Waals surface area contributed by atoms with Gasteiger partial charge < -0.3 is 5.11 Å². The SMILES string of the molecule is C[C@H](O)c1ccc(Sc2ncn[nH]2)c(Br)c1. The zero-order chi connectivity index (χ0) is 11.5. The number of benzene rings is 1. The van der Waals surface area contributed by atoms with Crippen molar-refractivity contribution in [1.82, 2.24) is 15.2 Å². The highest BCUT2D eigenvalue weighted by Gasteiger charge is 2.07. The lowest BCUT2D eigenvalue weighted by atomic mass is 10.1. The molecule has 1 heterocycles. The molecule has 16 heavy (non-hydrogen) atoms. The van der Waals surface area contributed by atoms with Gasteiger partial charge in [-0.15, -0.1) is 0 Å². The zero-order valence-corrected chi connectivity index (χ0v) is 10.9. The number of rotatable bonds is 3. The number of aliphatic hydroxyl groups is 1. The van der Waals surface area contributed by atoms with Crippen molar-refractivity contribution in [2.75, 3.05) is 0 Å². The van der Waals surface area contributed by atoms with Crippen molar-refractivity contribution in [3.05, 3.63) is 34.6 Å². The Morgan fingerprint density at radius 2 is 2.31 bits per heavy atom. The van der Waals surface area contributed by atoms with E-state index in [1.807, 2.05) is 18.2 Å². The highest BCUT2D eigenvalue weighted by molar-refractivity contribution is 9.10. The minimum atomic E-state index is -0.458. The molecule has 1 atom stereocenters. The van der Waals surface area contributed by atoms with Gasteiger partial charge in [-0.25, -0.2) is 4.98 Å². The Kier molecular flexibility index (Phi) is 3.63. The van der Waals surface area contributed by atoms with Crippen molar-refractivity contribution in [2.45, 2.75) is 23.1 Å². The summed E-state index contributed by atoms with van der Waals surface area (Å²) in [6.45, 7) is 1.74. The first-order valence-corrected chi connectivity index (χ1v) is 6.28. The summed E-state index contributed by atoms with van der Waals surface area (Å²) in [5.41, 5.74) is 0.883. The van der Waals surface area contributed by atoms with E-state index in [-0.39, 0.29) is 0 Å². The molecule has 0 saturated carbocycles. The van der Waals surface area contributed by atoms with E-state index < -0.39 is 6.10 Å². The minimum Gasteiger partial charge on any atom is -0.389 e. The molecule has 0 aliphatic rings. The Hall–Kier alpha value is -0.850. The topological polar surface area (TPSA) is 61.8 Å². The molecule has 4 nitrogen and oxygen atoms in total. The van der Waals surface area contributed by atoms with E-state index >= 15 is 0 Å². The molecule has 2 aromatic rings. The molecular formula is C10H10BrN3OS. The standard InChI is InChI=1S/C10H10BrN3OS/c1-6(15)7-2-3-9(8(11)4-7)16-10-12-5-13-14-10/h2-6,15H,1H3,(H,12,13,14)/t6-/m0/s1. The predicted octanol–water partition coefficient (Wildman–Crippen LogP) is 2.77. The van der Waals surface area contributed by atoms with Crippen LogP contribution in [0.2, 0.25) is 0 Å². The van der Waals surface area contributed by atoms with Gasteiger partial charge in [0.25, 0.3) is 0 Å². The second kappa shape index (κ2) is 4.99. The number of halogens is 1. The van der Waals surface area contributed by atoms with Crippen LogP contribution >= 0.6 is 27.7 Å². The summed E-state index contributed by atoms with van der Waals surface area (Å²) >= 11 is 4.95. The molecular weight excluding hydrogens is 290 g/mol. The van der Waals surface area contributed by atoms with Gasteiger partial charge in [0.1, 0.15) is 6.33 Å². The third-order valence-corrected chi connectivity index (χ3v) is 3.92. The molecule has 6 heteroatoms. The third kappa shape index (κ3) is 2.63. The second-order valence-electron chi connectivity index (χ2n) is 3.26. The molecule has 0 aliphatic carbocycles. The molecule has 0 bridgehead atoms. The van der Waals surface area contributed by atoms with Gasteiger partial charge in [-0.05, 0) is 52.3 Å². The van der Waals surface area contributed by atoms with E-state index in [1.165, 1.54) is 18.1 Å². The summed E-state index contributed by atoms with van der Waals surface area (Å²) < 4.78 is 0.937. The average Bonchev–Trinajstić information content (AvgIpc) is 2.73. The van der Waals surface area contributed by atoms with E-state index in [0.29, 0.717) is 0 Å². The fraction of sp³-hybridized carbons (Fsp3) is 0.200. The maximum atomic E-state index is 9.44. The van der Waals surface area contributed by atoms with Gasteiger partial charge in [0.15, 0.2) is 5.16 Å². The molecule has 0 saturated heterocycles. The molecule has 2 rings (SSSR count). The average molecular weight is 300 g/mol. The van der Waals surface area contributed by atoms with Gasteiger partial charge in [-0.3, -0.25) is 5.10 Å². The summed E-state index contributed by atoms with van der Waals surface area (Å²) in [7, 11) is 0. The number of nitrogens with zero attached hydrogens (tertiary/aromatic N) is 2. The number of aliphatic hydroxyl groups excluding tert-OH is 1. The molecule has 0 spiro atoms. The summed E-state index contributed by atoms with van der Waals surface area (Å²) in [5, 5.41) is 16.7. The summed E-state index contributed by atoms with van der Waals surface area (Å²) in [6.07, 6.45) is 1.01. The molecule has 1 aromatic carbocycles. The zero-order valence-electron chi connectivity index (χ0n) is 8.51. The number of nitrogens with one attached hydrogen (secondary N) is 1. The van der Waals surface area contributed by atoms with Gasteiger partial charge in [0.2, 0.25) is 0 Å². The number of aromatic amines is 1. The summed E-state index contributed by atoms with van der Waals surface area (Å²) in [4.78, 5) is 5.07. The molecule has 0 aliphatic heterocycles. The summed E-state index contributed by atoms with van der Waals surface area (Å²) in [5.74, 6) is 0. The van der Waals surface area contributed by atoms with Crippen LogP contribution in [0.4, 0.5) is 0 Å². The van der Waals surface area contributed by atoms with Crippen LogP contribution in [0.5, 0.6) is 0 Å². The molecule has 84 valence electrons. The smallest absolute Gasteiger partial charge is 0.188 e. The van der Waals surface area contributed by atoms with Crippen molar-refractivity contribution in [3.8, 4) is 0 Å². The monoisotopic (exact) mass is 299 g/mol. The van der Waals surface area contributed by atoms with E-state index in [1.54, 1.807) is 6.92 Å². The molecule has 0 amide bonds. The van der Waals surface area contributed by atoms with Gasteiger partial charge in [-0.2, -0.15) is 5.10 Å². The van der Waals surface area contributed by atoms with Crippen LogP contribution in [0, 0.1) is 0 Å². The van der Waals surface area contributed by atoms with Crippen LogP contribution < -0.4 is 0 Å². The van der Waals surface area contributed by atoms with Crippen molar-refractivity contribution < 1.29 is 5.11 Å². The fourth-order valence-corrected chi connectivity index (χ4v) is 2.55. The van der Waals surface area contributed by atoms with Crippen molar-refractivity contribution >= 4 is 27.7 Å². The van der Waals surface area contributed by atoms with Gasteiger partial charge in [-0.1, -0.05) is 6.07 Å². The lowest BCUT2D eigenvalue weighted by Crippen LogP contribution is -1.91. The van der Waals surface area contributed by atoms with E-state index in [2.05, 4.69) is 31.1 Å². The Bertz CT molecular complexity index is 473. The number of hydrogen-bond donors (Lipinski definition) is 2. The van der Waals surface area contributed by atoms with Gasteiger partial charge in [0, 0.05) is 9.37 Å². The molecule has 0 fully saturated rings. The van der Waals surface area contributed by atoms with Crippen LogP contribution in [-0.4, -0.2) is 20.3 Å². The van der Waals surface area contributed by atoms with Crippen molar-refractivity contribution in [1.29, 1.82) is 0 Å². The number of hydrogen-bond acceptors (Lipinski definition) is 4. The number of H-pyrrole nitrogens is 1. The van der Waals surface area contributed by atoms with Crippen LogP contribution in [-0.2, 0) is 0 Å². The van der Waals surface area contributed by atoms with E-state index in [4.69, 9.17) is 0 Å². The van der Waals surface area contributed by atoms with E-state index in [9.17, 15) is 5.11 Å². The predicted molar refractivity (Wildman–Crippen MR) is 65.3 cm³/mol. The van der Waals surface area contributed by atoms with Crippen LogP contribution in [0.15, 0.2) is 39.1 Å². The molecule has 1 aromatic heterocycles. The molecule has 0 unspecified atom stereocenters. The second-order valence-corrected chi connectivity index (χ2v) is 5.14. The highest BCUT2D eigenvalue weighted by atomic mass is 79.9. The Morgan fingerprint density at radius 1 is 1.50 bits per heavy atom. The Labute approximate surface area is 106 Å². The first-order valence-electron chi connectivity index (χ1n) is 4.67. The summed E-state index contributed by atoms with van der Waals surface area (Å²) in [6, 6.07) is 5.75.